The lowest BCUT2D eigenvalue weighted by molar-refractivity contribution is -0.302. The van der Waals surface area contributed by atoms with Crippen molar-refractivity contribution in [2.45, 2.75) is 95.1 Å². The normalized spacial score (nSPS) is 23.9. The van der Waals surface area contributed by atoms with Gasteiger partial charge in [-0.25, -0.2) is 9.59 Å². The summed E-state index contributed by atoms with van der Waals surface area (Å²) < 4.78 is 34.3. The highest BCUT2D eigenvalue weighted by Gasteiger charge is 2.38. The molecule has 0 spiro atoms. The van der Waals surface area contributed by atoms with Crippen molar-refractivity contribution in [1.29, 1.82) is 0 Å². The molecule has 1 aliphatic carbocycles. The van der Waals surface area contributed by atoms with Gasteiger partial charge in [-0.3, -0.25) is 0 Å². The van der Waals surface area contributed by atoms with Gasteiger partial charge in [-0.05, 0) is 75.2 Å². The Bertz CT molecular complexity index is 1250. The third-order valence-electron chi connectivity index (χ3n) is 7.79. The van der Waals surface area contributed by atoms with Crippen LogP contribution in [-0.4, -0.2) is 79.3 Å². The second-order valence-corrected chi connectivity index (χ2v) is 11.8. The summed E-state index contributed by atoms with van der Waals surface area (Å²) in [5.74, 6) is -0.507. The molecule has 2 aliphatic rings. The molecule has 0 aromatic heterocycles. The number of hydrogen-bond donors (Lipinski definition) is 2. The number of carbonyl (C=O) groups excluding carboxylic acids is 2. The first kappa shape index (κ1) is 33.5. The van der Waals surface area contributed by atoms with Crippen molar-refractivity contribution in [1.82, 2.24) is 0 Å². The number of aliphatic hydroxyl groups is 2. The maximum Gasteiger partial charge on any atom is 0.338 e. The largest absolute Gasteiger partial charge is 0.497 e. The van der Waals surface area contributed by atoms with E-state index in [0.717, 1.165) is 5.57 Å². The first-order valence-corrected chi connectivity index (χ1v) is 15.1. The standard InChI is InChI=1S/C34H44O10/c1-34(2)43-30(21-31(44-34)20-29(15-16-35)42-33(38)24-8-13-27(40-4)14-9-24)18-22-5-10-28(19-25(36)17-22)41-32(37)23-6-11-26(39-3)12-7-23/h5-9,11-14,25,28-31,35-36H,10,15-21H2,1-4H3/t25-,28-,29+,30-,31-/m0/s1. The molecule has 10 heteroatoms. The third kappa shape index (κ3) is 9.79. The van der Waals surface area contributed by atoms with Crippen molar-refractivity contribution in [2.24, 2.45) is 0 Å². The van der Waals surface area contributed by atoms with Crippen LogP contribution in [0.3, 0.4) is 0 Å². The van der Waals surface area contributed by atoms with Crippen molar-refractivity contribution in [3.05, 3.63) is 71.3 Å². The highest BCUT2D eigenvalue weighted by Crippen LogP contribution is 2.34. The van der Waals surface area contributed by atoms with E-state index in [1.807, 2.05) is 19.9 Å². The topological polar surface area (TPSA) is 130 Å². The lowest BCUT2D eigenvalue weighted by Crippen LogP contribution is -2.46. The first-order valence-electron chi connectivity index (χ1n) is 15.1. The Morgan fingerprint density at radius 2 is 1.50 bits per heavy atom. The molecule has 2 aromatic carbocycles. The monoisotopic (exact) mass is 612 g/mol. The van der Waals surface area contributed by atoms with Gasteiger partial charge in [0, 0.05) is 38.7 Å². The molecule has 2 N–H and O–H groups in total. The van der Waals surface area contributed by atoms with E-state index < -0.39 is 36.0 Å². The van der Waals surface area contributed by atoms with Crippen molar-refractivity contribution in [2.75, 3.05) is 20.8 Å². The van der Waals surface area contributed by atoms with E-state index in [2.05, 4.69) is 0 Å². The molecule has 1 saturated heterocycles. The number of aliphatic hydroxyl groups excluding tert-OH is 2. The summed E-state index contributed by atoms with van der Waals surface area (Å²) in [6.07, 6.45) is 2.99. The Kier molecular flexibility index (Phi) is 11.8. The molecule has 0 bridgehead atoms. The number of methoxy groups -OCH3 is 2. The summed E-state index contributed by atoms with van der Waals surface area (Å²) in [5, 5.41) is 20.4. The SMILES string of the molecule is COc1ccc(C(=O)O[C@H](CCO)C[C@H]2C[C@H](CC3=CC[C@H](OC(=O)c4ccc(OC)cc4)C[C@@H](O)C3)OC(C)(C)O2)cc1. The minimum absolute atomic E-state index is 0.133. The molecule has 1 heterocycles. The van der Waals surface area contributed by atoms with Gasteiger partial charge in [0.05, 0.1) is 43.7 Å². The zero-order valence-corrected chi connectivity index (χ0v) is 25.9. The summed E-state index contributed by atoms with van der Waals surface area (Å²) in [6.45, 7) is 3.56. The van der Waals surface area contributed by atoms with Crippen molar-refractivity contribution in [3.63, 3.8) is 0 Å². The van der Waals surface area contributed by atoms with Gasteiger partial charge in [0.15, 0.2) is 5.79 Å². The number of rotatable bonds is 12. The fourth-order valence-corrected chi connectivity index (χ4v) is 5.77. The molecule has 44 heavy (non-hydrogen) atoms. The molecular formula is C34H44O10. The van der Waals surface area contributed by atoms with E-state index in [1.54, 1.807) is 62.8 Å². The Morgan fingerprint density at radius 3 is 2.09 bits per heavy atom. The van der Waals surface area contributed by atoms with Crippen LogP contribution in [0.5, 0.6) is 11.5 Å². The average molecular weight is 613 g/mol. The molecule has 5 atom stereocenters. The predicted octanol–water partition coefficient (Wildman–Crippen LogP) is 5.00. The number of hydrogen-bond acceptors (Lipinski definition) is 10. The minimum atomic E-state index is -0.877. The Balaban J connectivity index is 1.35. The number of benzene rings is 2. The third-order valence-corrected chi connectivity index (χ3v) is 7.79. The van der Waals surface area contributed by atoms with Gasteiger partial charge in [-0.2, -0.15) is 0 Å². The van der Waals surface area contributed by atoms with Gasteiger partial charge in [-0.1, -0.05) is 11.6 Å². The lowest BCUT2D eigenvalue weighted by atomic mass is 9.94. The number of carbonyl (C=O) groups is 2. The van der Waals surface area contributed by atoms with Crippen LogP contribution in [0.2, 0.25) is 0 Å². The maximum absolute atomic E-state index is 12.8. The van der Waals surface area contributed by atoms with E-state index in [-0.39, 0.29) is 25.2 Å². The van der Waals surface area contributed by atoms with Crippen molar-refractivity contribution in [3.8, 4) is 11.5 Å². The summed E-state index contributed by atoms with van der Waals surface area (Å²) in [7, 11) is 3.12. The molecule has 0 amide bonds. The molecule has 240 valence electrons. The van der Waals surface area contributed by atoms with Gasteiger partial charge in [-0.15, -0.1) is 0 Å². The molecule has 0 saturated carbocycles. The van der Waals surface area contributed by atoms with Crippen LogP contribution in [0.15, 0.2) is 60.2 Å². The van der Waals surface area contributed by atoms with Gasteiger partial charge < -0.3 is 38.6 Å². The number of esters is 2. The van der Waals surface area contributed by atoms with Gasteiger partial charge in [0.2, 0.25) is 0 Å². The highest BCUT2D eigenvalue weighted by atomic mass is 16.7. The summed E-state index contributed by atoms with van der Waals surface area (Å²) >= 11 is 0. The van der Waals surface area contributed by atoms with Crippen LogP contribution >= 0.6 is 0 Å². The van der Waals surface area contributed by atoms with E-state index in [1.165, 1.54) is 0 Å². The minimum Gasteiger partial charge on any atom is -0.497 e. The fourth-order valence-electron chi connectivity index (χ4n) is 5.77. The van der Waals surface area contributed by atoms with Crippen LogP contribution in [0.4, 0.5) is 0 Å². The molecule has 1 fully saturated rings. The zero-order chi connectivity index (χ0) is 31.7. The second-order valence-electron chi connectivity index (χ2n) is 11.8. The number of ether oxygens (including phenoxy) is 6. The average Bonchev–Trinajstić information content (AvgIpc) is 3.16. The van der Waals surface area contributed by atoms with Crippen LogP contribution in [0, 0.1) is 0 Å². The van der Waals surface area contributed by atoms with E-state index in [0.29, 0.717) is 61.2 Å². The lowest BCUT2D eigenvalue weighted by Gasteiger charge is -2.42. The quantitative estimate of drug-likeness (QED) is 0.250. The summed E-state index contributed by atoms with van der Waals surface area (Å²) in [4.78, 5) is 25.5. The second kappa shape index (κ2) is 15.5. The van der Waals surface area contributed by atoms with Gasteiger partial charge >= 0.3 is 11.9 Å². The molecule has 10 nitrogen and oxygen atoms in total. The van der Waals surface area contributed by atoms with E-state index in [4.69, 9.17) is 28.4 Å². The Labute approximate surface area is 258 Å². The van der Waals surface area contributed by atoms with Crippen molar-refractivity contribution >= 4 is 11.9 Å². The van der Waals surface area contributed by atoms with Gasteiger partial charge in [0.25, 0.3) is 0 Å². The van der Waals surface area contributed by atoms with Crippen molar-refractivity contribution < 1.29 is 48.2 Å². The molecule has 0 unspecified atom stereocenters. The molecule has 2 aromatic rings. The summed E-state index contributed by atoms with van der Waals surface area (Å²) in [6, 6.07) is 13.4. The first-order chi connectivity index (χ1) is 21.1. The Morgan fingerprint density at radius 1 is 0.909 bits per heavy atom. The van der Waals surface area contributed by atoms with Crippen LogP contribution in [0.25, 0.3) is 0 Å². The maximum atomic E-state index is 12.8. The predicted molar refractivity (Wildman–Crippen MR) is 162 cm³/mol. The highest BCUT2D eigenvalue weighted by molar-refractivity contribution is 5.90. The van der Waals surface area contributed by atoms with Crippen LogP contribution < -0.4 is 9.47 Å². The molecule has 0 radical (unpaired) electrons. The van der Waals surface area contributed by atoms with Crippen LogP contribution in [-0.2, 0) is 18.9 Å². The molecular weight excluding hydrogens is 568 g/mol. The smallest absolute Gasteiger partial charge is 0.338 e. The van der Waals surface area contributed by atoms with E-state index in [9.17, 15) is 19.8 Å². The molecule has 1 aliphatic heterocycles. The summed E-state index contributed by atoms with van der Waals surface area (Å²) in [5.41, 5.74) is 1.85. The van der Waals surface area contributed by atoms with Crippen LogP contribution in [0.1, 0.15) is 79.5 Å². The molecule has 4 rings (SSSR count). The van der Waals surface area contributed by atoms with Gasteiger partial charge in [0.1, 0.15) is 23.7 Å². The fraction of sp³-hybridized carbons (Fsp3) is 0.529. The zero-order valence-electron chi connectivity index (χ0n) is 25.9. The van der Waals surface area contributed by atoms with E-state index >= 15 is 0 Å². The Hall–Kier alpha value is -3.44.